The van der Waals surface area contributed by atoms with Crippen molar-refractivity contribution in [3.8, 4) is 0 Å². The monoisotopic (exact) mass is 224 g/mol. The summed E-state index contributed by atoms with van der Waals surface area (Å²) < 4.78 is 0. The third-order valence-electron chi connectivity index (χ3n) is 3.63. The maximum atomic E-state index is 11.6. The smallest absolute Gasteiger partial charge is 0.234 e. The fourth-order valence-electron chi connectivity index (χ4n) is 2.33. The fourth-order valence-corrected chi connectivity index (χ4v) is 2.33. The number of hydrogen-bond donors (Lipinski definition) is 2. The van der Waals surface area contributed by atoms with Gasteiger partial charge >= 0.3 is 0 Å². The zero-order valence-electron chi connectivity index (χ0n) is 10.5. The van der Waals surface area contributed by atoms with Crippen molar-refractivity contribution in [3.05, 3.63) is 12.7 Å². The molecule has 0 heterocycles. The van der Waals surface area contributed by atoms with Crippen LogP contribution in [0, 0.1) is 11.8 Å². The Hall–Kier alpha value is -0.830. The molecule has 1 rings (SSSR count). The van der Waals surface area contributed by atoms with Crippen LogP contribution >= 0.6 is 0 Å². The molecule has 16 heavy (non-hydrogen) atoms. The highest BCUT2D eigenvalue weighted by Crippen LogP contribution is 2.29. The van der Waals surface area contributed by atoms with Gasteiger partial charge in [0.25, 0.3) is 0 Å². The van der Waals surface area contributed by atoms with Crippen molar-refractivity contribution in [2.24, 2.45) is 11.8 Å². The molecule has 1 aliphatic rings. The Labute approximate surface area is 98.7 Å². The van der Waals surface area contributed by atoms with Gasteiger partial charge in [-0.2, -0.15) is 0 Å². The molecule has 3 heteroatoms. The largest absolute Gasteiger partial charge is 0.352 e. The zero-order valence-corrected chi connectivity index (χ0v) is 10.5. The number of nitrogens with one attached hydrogen (secondary N) is 2. The Kier molecular flexibility index (Phi) is 5.53. The first-order valence-electron chi connectivity index (χ1n) is 6.26. The maximum Gasteiger partial charge on any atom is 0.234 e. The molecule has 0 saturated heterocycles. The van der Waals surface area contributed by atoms with Crippen LogP contribution in [0.1, 0.15) is 33.1 Å². The van der Waals surface area contributed by atoms with Gasteiger partial charge in [-0.15, -0.1) is 6.58 Å². The molecule has 0 spiro atoms. The van der Waals surface area contributed by atoms with Crippen molar-refractivity contribution < 1.29 is 4.79 Å². The minimum Gasteiger partial charge on any atom is -0.352 e. The second kappa shape index (κ2) is 6.69. The zero-order chi connectivity index (χ0) is 12.0. The van der Waals surface area contributed by atoms with Crippen LogP contribution in [0.4, 0.5) is 0 Å². The van der Waals surface area contributed by atoms with Gasteiger partial charge in [0, 0.05) is 12.6 Å². The predicted molar refractivity (Wildman–Crippen MR) is 67.2 cm³/mol. The molecule has 0 radical (unpaired) electrons. The lowest BCUT2D eigenvalue weighted by Crippen LogP contribution is -2.46. The SMILES string of the molecule is C=CCNCC(=O)NC1CCCC(C)C1C. The molecule has 3 unspecified atom stereocenters. The van der Waals surface area contributed by atoms with E-state index in [1.807, 2.05) is 0 Å². The highest BCUT2D eigenvalue weighted by Gasteiger charge is 2.27. The quantitative estimate of drug-likeness (QED) is 0.551. The maximum absolute atomic E-state index is 11.6. The van der Waals surface area contributed by atoms with Crippen LogP contribution in [-0.2, 0) is 4.79 Å². The third-order valence-corrected chi connectivity index (χ3v) is 3.63. The first-order valence-corrected chi connectivity index (χ1v) is 6.26. The van der Waals surface area contributed by atoms with Gasteiger partial charge in [0.15, 0.2) is 0 Å². The molecule has 0 aromatic rings. The van der Waals surface area contributed by atoms with Crippen LogP contribution in [0.2, 0.25) is 0 Å². The van der Waals surface area contributed by atoms with Gasteiger partial charge < -0.3 is 10.6 Å². The van der Waals surface area contributed by atoms with E-state index in [2.05, 4.69) is 31.1 Å². The summed E-state index contributed by atoms with van der Waals surface area (Å²) in [6, 6.07) is 0.363. The van der Waals surface area contributed by atoms with Crippen molar-refractivity contribution in [1.82, 2.24) is 10.6 Å². The summed E-state index contributed by atoms with van der Waals surface area (Å²) in [5, 5.41) is 6.14. The molecule has 1 fully saturated rings. The van der Waals surface area contributed by atoms with E-state index in [-0.39, 0.29) is 5.91 Å². The Bertz CT molecular complexity index is 240. The average molecular weight is 224 g/mol. The lowest BCUT2D eigenvalue weighted by atomic mass is 9.78. The lowest BCUT2D eigenvalue weighted by molar-refractivity contribution is -0.121. The number of hydrogen-bond acceptors (Lipinski definition) is 2. The normalized spacial score (nSPS) is 29.8. The van der Waals surface area contributed by atoms with Crippen LogP contribution in [0.5, 0.6) is 0 Å². The van der Waals surface area contributed by atoms with E-state index in [1.165, 1.54) is 12.8 Å². The summed E-state index contributed by atoms with van der Waals surface area (Å²) in [4.78, 5) is 11.6. The van der Waals surface area contributed by atoms with Gasteiger partial charge in [-0.3, -0.25) is 4.79 Å². The lowest BCUT2D eigenvalue weighted by Gasteiger charge is -2.34. The van der Waals surface area contributed by atoms with E-state index in [9.17, 15) is 4.79 Å². The summed E-state index contributed by atoms with van der Waals surface area (Å²) in [6.45, 7) is 9.20. The van der Waals surface area contributed by atoms with Crippen LogP contribution in [0.25, 0.3) is 0 Å². The van der Waals surface area contributed by atoms with E-state index in [0.717, 1.165) is 12.3 Å². The molecule has 1 amide bonds. The number of amides is 1. The van der Waals surface area contributed by atoms with Crippen LogP contribution < -0.4 is 10.6 Å². The van der Waals surface area contributed by atoms with E-state index >= 15 is 0 Å². The van der Waals surface area contributed by atoms with Gasteiger partial charge in [-0.1, -0.05) is 32.8 Å². The summed E-state index contributed by atoms with van der Waals surface area (Å²) >= 11 is 0. The second-order valence-corrected chi connectivity index (χ2v) is 4.86. The number of carbonyl (C=O) groups excluding carboxylic acids is 1. The summed E-state index contributed by atoms with van der Waals surface area (Å²) in [7, 11) is 0. The topological polar surface area (TPSA) is 41.1 Å². The van der Waals surface area contributed by atoms with Gasteiger partial charge in [0.05, 0.1) is 6.54 Å². The molecule has 92 valence electrons. The molecule has 0 bridgehead atoms. The molecule has 2 N–H and O–H groups in total. The average Bonchev–Trinajstić information content (AvgIpc) is 2.25. The minimum atomic E-state index is 0.104. The fraction of sp³-hybridized carbons (Fsp3) is 0.769. The van der Waals surface area contributed by atoms with Crippen LogP contribution in [0.3, 0.4) is 0 Å². The Morgan fingerprint density at radius 1 is 1.44 bits per heavy atom. The van der Waals surface area contributed by atoms with Crippen molar-refractivity contribution in [2.75, 3.05) is 13.1 Å². The Morgan fingerprint density at radius 2 is 2.19 bits per heavy atom. The van der Waals surface area contributed by atoms with Gasteiger partial charge in [-0.25, -0.2) is 0 Å². The van der Waals surface area contributed by atoms with Crippen LogP contribution in [-0.4, -0.2) is 25.0 Å². The van der Waals surface area contributed by atoms with Crippen LogP contribution in [0.15, 0.2) is 12.7 Å². The predicted octanol–water partition coefficient (Wildman–Crippen LogP) is 1.70. The van der Waals surface area contributed by atoms with E-state index in [4.69, 9.17) is 0 Å². The highest BCUT2D eigenvalue weighted by atomic mass is 16.1. The molecule has 0 aromatic carbocycles. The number of rotatable bonds is 5. The molecular formula is C13H24N2O. The summed E-state index contributed by atoms with van der Waals surface area (Å²) in [6.07, 6.45) is 5.41. The highest BCUT2D eigenvalue weighted by molar-refractivity contribution is 5.78. The van der Waals surface area contributed by atoms with Crippen molar-refractivity contribution in [2.45, 2.75) is 39.2 Å². The van der Waals surface area contributed by atoms with Crippen molar-refractivity contribution >= 4 is 5.91 Å². The van der Waals surface area contributed by atoms with Gasteiger partial charge in [0.1, 0.15) is 0 Å². The molecule has 0 aliphatic heterocycles. The molecule has 0 aromatic heterocycles. The van der Waals surface area contributed by atoms with Gasteiger partial charge in [0.2, 0.25) is 5.91 Å². The van der Waals surface area contributed by atoms with E-state index in [0.29, 0.717) is 25.0 Å². The molecule has 1 aliphatic carbocycles. The van der Waals surface area contributed by atoms with Crippen molar-refractivity contribution in [3.63, 3.8) is 0 Å². The van der Waals surface area contributed by atoms with Gasteiger partial charge in [-0.05, 0) is 18.3 Å². The number of carbonyl (C=O) groups is 1. The molecular weight excluding hydrogens is 200 g/mol. The summed E-state index contributed by atoms with van der Waals surface area (Å²) in [5.41, 5.74) is 0. The Morgan fingerprint density at radius 3 is 2.88 bits per heavy atom. The molecule has 3 nitrogen and oxygen atoms in total. The second-order valence-electron chi connectivity index (χ2n) is 4.86. The Balaban J connectivity index is 2.29. The first-order chi connectivity index (χ1) is 7.65. The molecule has 1 saturated carbocycles. The third kappa shape index (κ3) is 3.97. The minimum absolute atomic E-state index is 0.104. The summed E-state index contributed by atoms with van der Waals surface area (Å²) in [5.74, 6) is 1.42. The van der Waals surface area contributed by atoms with Crippen molar-refractivity contribution in [1.29, 1.82) is 0 Å². The van der Waals surface area contributed by atoms with E-state index < -0.39 is 0 Å². The molecule has 3 atom stereocenters. The standard InChI is InChI=1S/C13H24N2O/c1-4-8-14-9-13(16)15-12-7-5-6-10(2)11(12)3/h4,10-12,14H,1,5-9H2,2-3H3,(H,15,16). The van der Waals surface area contributed by atoms with E-state index in [1.54, 1.807) is 6.08 Å². The first kappa shape index (κ1) is 13.2.